The van der Waals surface area contributed by atoms with Gasteiger partial charge in [0.1, 0.15) is 6.33 Å². The van der Waals surface area contributed by atoms with Crippen LogP contribution >= 0.6 is 0 Å². The van der Waals surface area contributed by atoms with E-state index in [2.05, 4.69) is 9.97 Å². The summed E-state index contributed by atoms with van der Waals surface area (Å²) in [6.45, 7) is 4.45. The number of hydrogen-bond acceptors (Lipinski definition) is 5. The van der Waals surface area contributed by atoms with Crippen LogP contribution in [-0.4, -0.2) is 35.3 Å². The van der Waals surface area contributed by atoms with Gasteiger partial charge in [0.05, 0.1) is 5.56 Å². The third kappa shape index (κ3) is 3.38. The molecule has 5 nitrogen and oxygen atoms in total. The molecule has 0 fully saturated rings. The average Bonchev–Trinajstić information content (AvgIpc) is 2.29. The molecule has 0 amide bonds. The molecule has 15 heavy (non-hydrogen) atoms. The van der Waals surface area contributed by atoms with Crippen molar-refractivity contribution in [3.8, 4) is 0 Å². The van der Waals surface area contributed by atoms with Crippen molar-refractivity contribution in [3.63, 3.8) is 0 Å². The molecular formula is C10H14N2O3. The molecule has 0 atom stereocenters. The molecule has 0 aromatic carbocycles. The van der Waals surface area contributed by atoms with E-state index < -0.39 is 6.29 Å². The summed E-state index contributed by atoms with van der Waals surface area (Å²) >= 11 is 0. The second-order valence-corrected chi connectivity index (χ2v) is 2.73. The van der Waals surface area contributed by atoms with Gasteiger partial charge in [0.15, 0.2) is 0 Å². The van der Waals surface area contributed by atoms with Crippen LogP contribution in [0.1, 0.15) is 24.2 Å². The van der Waals surface area contributed by atoms with E-state index in [1.165, 1.54) is 18.7 Å². The average molecular weight is 210 g/mol. The molecule has 1 aromatic heterocycles. The quantitative estimate of drug-likeness (QED) is 0.519. The molecular weight excluding hydrogens is 196 g/mol. The van der Waals surface area contributed by atoms with Crippen LogP contribution in [0.4, 0.5) is 0 Å². The molecule has 0 bridgehead atoms. The van der Waals surface area contributed by atoms with Crippen molar-refractivity contribution in [3.05, 3.63) is 24.3 Å². The third-order valence-corrected chi connectivity index (χ3v) is 1.70. The summed E-state index contributed by atoms with van der Waals surface area (Å²) in [6.07, 6.45) is 3.40. The Balaban J connectivity index is 2.71. The summed E-state index contributed by atoms with van der Waals surface area (Å²) in [4.78, 5) is 19.3. The molecule has 1 rings (SSSR count). The highest BCUT2D eigenvalue weighted by atomic mass is 16.7. The van der Waals surface area contributed by atoms with Gasteiger partial charge in [-0.25, -0.2) is 9.97 Å². The molecule has 1 aromatic rings. The minimum absolute atomic E-state index is 0.251. The van der Waals surface area contributed by atoms with Gasteiger partial charge in [-0.1, -0.05) is 0 Å². The van der Waals surface area contributed by atoms with Crippen molar-refractivity contribution in [2.45, 2.75) is 20.1 Å². The number of ketones is 1. The van der Waals surface area contributed by atoms with Crippen LogP contribution in [0.25, 0.3) is 0 Å². The molecule has 0 saturated heterocycles. The molecule has 0 aliphatic heterocycles. The van der Waals surface area contributed by atoms with E-state index in [0.717, 1.165) is 0 Å². The number of rotatable bonds is 6. The molecule has 0 saturated carbocycles. The highest BCUT2D eigenvalue weighted by molar-refractivity contribution is 5.98. The van der Waals surface area contributed by atoms with Crippen molar-refractivity contribution in [2.24, 2.45) is 0 Å². The fourth-order valence-electron chi connectivity index (χ4n) is 1.06. The SMILES string of the molecule is CCOC(OCC)C(=O)c1cncnc1. The molecule has 82 valence electrons. The number of aromatic nitrogens is 2. The van der Waals surface area contributed by atoms with Gasteiger partial charge < -0.3 is 9.47 Å². The lowest BCUT2D eigenvalue weighted by molar-refractivity contribution is -0.107. The highest BCUT2D eigenvalue weighted by Gasteiger charge is 2.20. The Kier molecular flexibility index (Phi) is 4.86. The number of carbonyl (C=O) groups is 1. The fraction of sp³-hybridized carbons (Fsp3) is 0.500. The van der Waals surface area contributed by atoms with Crippen molar-refractivity contribution >= 4 is 5.78 Å². The lowest BCUT2D eigenvalue weighted by Gasteiger charge is -2.14. The number of hydrogen-bond donors (Lipinski definition) is 0. The lowest BCUT2D eigenvalue weighted by Crippen LogP contribution is -2.28. The summed E-state index contributed by atoms with van der Waals surface area (Å²) in [7, 11) is 0. The van der Waals surface area contributed by atoms with Crippen LogP contribution in [0.5, 0.6) is 0 Å². The van der Waals surface area contributed by atoms with Gasteiger partial charge in [-0.2, -0.15) is 0 Å². The zero-order valence-corrected chi connectivity index (χ0v) is 8.84. The normalized spacial score (nSPS) is 10.6. The Bertz CT molecular complexity index is 297. The van der Waals surface area contributed by atoms with Crippen molar-refractivity contribution in [1.29, 1.82) is 0 Å². The van der Waals surface area contributed by atoms with Gasteiger partial charge in [0.25, 0.3) is 0 Å². The van der Waals surface area contributed by atoms with Gasteiger partial charge in [-0.05, 0) is 13.8 Å². The number of ether oxygens (including phenoxy) is 2. The van der Waals surface area contributed by atoms with Crippen LogP contribution in [0.15, 0.2) is 18.7 Å². The maximum atomic E-state index is 11.8. The number of carbonyl (C=O) groups excluding carboxylic acids is 1. The molecule has 0 unspecified atom stereocenters. The Morgan fingerprint density at radius 1 is 1.27 bits per heavy atom. The minimum Gasteiger partial charge on any atom is -0.346 e. The van der Waals surface area contributed by atoms with Crippen LogP contribution in [-0.2, 0) is 9.47 Å². The Labute approximate surface area is 88.4 Å². The first-order valence-corrected chi connectivity index (χ1v) is 4.82. The predicted molar refractivity (Wildman–Crippen MR) is 53.4 cm³/mol. The third-order valence-electron chi connectivity index (χ3n) is 1.70. The minimum atomic E-state index is -0.856. The largest absolute Gasteiger partial charge is 0.346 e. The predicted octanol–water partition coefficient (Wildman–Crippen LogP) is 1.06. The van der Waals surface area contributed by atoms with E-state index in [-0.39, 0.29) is 5.78 Å². The van der Waals surface area contributed by atoms with E-state index in [4.69, 9.17) is 9.47 Å². The second kappa shape index (κ2) is 6.21. The number of Topliss-reactive ketones (excluding diaryl/α,β-unsaturated/α-hetero) is 1. The summed E-state index contributed by atoms with van der Waals surface area (Å²) in [6, 6.07) is 0. The summed E-state index contributed by atoms with van der Waals surface area (Å²) in [5.74, 6) is -0.251. The first-order valence-electron chi connectivity index (χ1n) is 4.82. The van der Waals surface area contributed by atoms with Crippen LogP contribution in [0.2, 0.25) is 0 Å². The maximum Gasteiger partial charge on any atom is 0.222 e. The van der Waals surface area contributed by atoms with Crippen molar-refractivity contribution in [1.82, 2.24) is 9.97 Å². The molecule has 0 aliphatic carbocycles. The fourth-order valence-corrected chi connectivity index (χ4v) is 1.06. The first-order chi connectivity index (χ1) is 7.29. The van der Waals surface area contributed by atoms with E-state index in [9.17, 15) is 4.79 Å². The lowest BCUT2D eigenvalue weighted by atomic mass is 10.2. The molecule has 0 N–H and O–H groups in total. The molecule has 5 heteroatoms. The highest BCUT2D eigenvalue weighted by Crippen LogP contribution is 2.05. The van der Waals surface area contributed by atoms with Crippen molar-refractivity contribution in [2.75, 3.05) is 13.2 Å². The first kappa shape index (κ1) is 11.7. The van der Waals surface area contributed by atoms with Gasteiger partial charge >= 0.3 is 0 Å². The van der Waals surface area contributed by atoms with Crippen LogP contribution < -0.4 is 0 Å². The Hall–Kier alpha value is -1.33. The molecule has 0 spiro atoms. The summed E-state index contributed by atoms with van der Waals surface area (Å²) in [5, 5.41) is 0. The van der Waals surface area contributed by atoms with Crippen LogP contribution in [0, 0.1) is 0 Å². The van der Waals surface area contributed by atoms with E-state index in [1.807, 2.05) is 0 Å². The maximum absolute atomic E-state index is 11.8. The summed E-state index contributed by atoms with van der Waals surface area (Å²) in [5.41, 5.74) is 0.393. The standard InChI is InChI=1S/C10H14N2O3/c1-3-14-10(15-4-2)9(13)8-5-11-7-12-6-8/h5-7,10H,3-4H2,1-2H3. The molecule has 1 heterocycles. The Morgan fingerprint density at radius 3 is 2.27 bits per heavy atom. The zero-order valence-electron chi connectivity index (χ0n) is 8.84. The van der Waals surface area contributed by atoms with Gasteiger partial charge in [-0.15, -0.1) is 0 Å². The molecule has 0 aliphatic rings. The Morgan fingerprint density at radius 2 is 1.80 bits per heavy atom. The van der Waals surface area contributed by atoms with E-state index in [1.54, 1.807) is 13.8 Å². The van der Waals surface area contributed by atoms with Crippen molar-refractivity contribution < 1.29 is 14.3 Å². The van der Waals surface area contributed by atoms with Gasteiger partial charge in [0.2, 0.25) is 12.1 Å². The zero-order chi connectivity index (χ0) is 11.1. The number of nitrogens with zero attached hydrogens (tertiary/aromatic N) is 2. The van der Waals surface area contributed by atoms with Crippen LogP contribution in [0.3, 0.4) is 0 Å². The van der Waals surface area contributed by atoms with E-state index in [0.29, 0.717) is 18.8 Å². The van der Waals surface area contributed by atoms with E-state index >= 15 is 0 Å². The monoisotopic (exact) mass is 210 g/mol. The van der Waals surface area contributed by atoms with Gasteiger partial charge in [0, 0.05) is 25.6 Å². The summed E-state index contributed by atoms with van der Waals surface area (Å²) < 4.78 is 10.3. The topological polar surface area (TPSA) is 61.3 Å². The van der Waals surface area contributed by atoms with Gasteiger partial charge in [-0.3, -0.25) is 4.79 Å². The smallest absolute Gasteiger partial charge is 0.222 e. The molecule has 0 radical (unpaired) electrons. The second-order valence-electron chi connectivity index (χ2n) is 2.73.